The summed E-state index contributed by atoms with van der Waals surface area (Å²) >= 11 is 2.98. The predicted octanol–water partition coefficient (Wildman–Crippen LogP) is 2.78. The lowest BCUT2D eigenvalue weighted by molar-refractivity contribution is 0.0870. The summed E-state index contributed by atoms with van der Waals surface area (Å²) in [4.78, 5) is 13.7. The van der Waals surface area contributed by atoms with Gasteiger partial charge in [-0.15, -0.1) is 23.1 Å². The molecule has 1 amide bonds. The molecule has 1 aliphatic carbocycles. The van der Waals surface area contributed by atoms with E-state index in [0.717, 1.165) is 22.7 Å². The summed E-state index contributed by atoms with van der Waals surface area (Å²) < 4.78 is 5.51. The van der Waals surface area contributed by atoms with E-state index in [1.165, 1.54) is 11.3 Å². The number of nitrogens with two attached hydrogens (primary N) is 1. The Labute approximate surface area is 134 Å². The molecule has 4 N–H and O–H groups in total. The lowest BCUT2D eigenvalue weighted by atomic mass is 10.3. The SMILES string of the molecule is CSc1c(NCCOC(C)C)sc(C(=O)NC2CC2)c1N. The van der Waals surface area contributed by atoms with Crippen molar-refractivity contribution in [3.63, 3.8) is 0 Å². The number of thioether (sulfide) groups is 1. The minimum absolute atomic E-state index is 0.0539. The molecule has 1 aromatic heterocycles. The molecule has 0 spiro atoms. The highest BCUT2D eigenvalue weighted by molar-refractivity contribution is 7.99. The van der Waals surface area contributed by atoms with Crippen molar-refractivity contribution in [2.75, 3.05) is 30.5 Å². The summed E-state index contributed by atoms with van der Waals surface area (Å²) in [5, 5.41) is 7.26. The van der Waals surface area contributed by atoms with Crippen LogP contribution in [0.15, 0.2) is 4.90 Å². The summed E-state index contributed by atoms with van der Waals surface area (Å²) in [5.74, 6) is -0.0539. The van der Waals surface area contributed by atoms with E-state index in [1.54, 1.807) is 11.8 Å². The van der Waals surface area contributed by atoms with E-state index in [2.05, 4.69) is 10.6 Å². The van der Waals surface area contributed by atoms with E-state index in [9.17, 15) is 4.79 Å². The number of carbonyl (C=O) groups excluding carboxylic acids is 1. The van der Waals surface area contributed by atoms with Gasteiger partial charge in [0, 0.05) is 12.6 Å². The average molecular weight is 329 g/mol. The zero-order valence-electron chi connectivity index (χ0n) is 12.7. The van der Waals surface area contributed by atoms with E-state index in [4.69, 9.17) is 10.5 Å². The highest BCUT2D eigenvalue weighted by Crippen LogP contribution is 2.41. The molecule has 1 aromatic rings. The van der Waals surface area contributed by atoms with Crippen molar-refractivity contribution < 1.29 is 9.53 Å². The molecule has 1 saturated carbocycles. The molecule has 0 bridgehead atoms. The highest BCUT2D eigenvalue weighted by atomic mass is 32.2. The third kappa shape index (κ3) is 4.52. The fraction of sp³-hybridized carbons (Fsp3) is 0.643. The topological polar surface area (TPSA) is 76.4 Å². The molecule has 5 nitrogen and oxygen atoms in total. The molecule has 21 heavy (non-hydrogen) atoms. The number of amides is 1. The number of rotatable bonds is 8. The van der Waals surface area contributed by atoms with Gasteiger partial charge in [0.2, 0.25) is 0 Å². The van der Waals surface area contributed by atoms with Crippen LogP contribution in [0.5, 0.6) is 0 Å². The smallest absolute Gasteiger partial charge is 0.263 e. The van der Waals surface area contributed by atoms with E-state index in [1.807, 2.05) is 20.1 Å². The molecule has 0 radical (unpaired) electrons. The first-order valence-corrected chi connectivity index (χ1v) is 9.19. The molecule has 0 atom stereocenters. The summed E-state index contributed by atoms with van der Waals surface area (Å²) in [6.45, 7) is 5.36. The first-order chi connectivity index (χ1) is 10.0. The second-order valence-electron chi connectivity index (χ2n) is 5.30. The Balaban J connectivity index is 2.00. The number of hydrogen-bond donors (Lipinski definition) is 3. The molecule has 0 aliphatic heterocycles. The third-order valence-electron chi connectivity index (χ3n) is 3.06. The maximum atomic E-state index is 12.2. The summed E-state index contributed by atoms with van der Waals surface area (Å²) in [6, 6.07) is 0.340. The van der Waals surface area contributed by atoms with Crippen LogP contribution in [0.3, 0.4) is 0 Å². The van der Waals surface area contributed by atoms with Gasteiger partial charge in [-0.3, -0.25) is 4.79 Å². The Morgan fingerprint density at radius 3 is 2.81 bits per heavy atom. The van der Waals surface area contributed by atoms with Gasteiger partial charge in [0.15, 0.2) is 0 Å². The van der Waals surface area contributed by atoms with Gasteiger partial charge in [0.1, 0.15) is 9.88 Å². The van der Waals surface area contributed by atoms with Crippen molar-refractivity contribution >= 4 is 39.7 Å². The Bertz CT molecular complexity index is 499. The van der Waals surface area contributed by atoms with Crippen molar-refractivity contribution in [1.29, 1.82) is 0 Å². The number of hydrogen-bond acceptors (Lipinski definition) is 6. The Morgan fingerprint density at radius 2 is 2.24 bits per heavy atom. The lowest BCUT2D eigenvalue weighted by Crippen LogP contribution is -2.25. The van der Waals surface area contributed by atoms with E-state index in [-0.39, 0.29) is 12.0 Å². The van der Waals surface area contributed by atoms with E-state index >= 15 is 0 Å². The van der Waals surface area contributed by atoms with Gasteiger partial charge in [-0.2, -0.15) is 0 Å². The summed E-state index contributed by atoms with van der Waals surface area (Å²) in [7, 11) is 0. The van der Waals surface area contributed by atoms with Gasteiger partial charge in [0.05, 0.1) is 23.3 Å². The molecule has 0 aromatic carbocycles. The summed E-state index contributed by atoms with van der Waals surface area (Å²) in [6.07, 6.45) is 4.34. The van der Waals surface area contributed by atoms with Crippen LogP contribution < -0.4 is 16.4 Å². The minimum atomic E-state index is -0.0539. The van der Waals surface area contributed by atoms with Gasteiger partial charge >= 0.3 is 0 Å². The van der Waals surface area contributed by atoms with Crippen molar-refractivity contribution in [2.45, 2.75) is 43.7 Å². The van der Waals surface area contributed by atoms with Gasteiger partial charge in [-0.05, 0) is 32.9 Å². The Kier molecular flexibility index (Phi) is 5.78. The first-order valence-electron chi connectivity index (χ1n) is 7.15. The van der Waals surface area contributed by atoms with Crippen LogP contribution in [0.4, 0.5) is 10.7 Å². The molecule has 1 heterocycles. The highest BCUT2D eigenvalue weighted by Gasteiger charge is 2.27. The Hall–Kier alpha value is -0.920. The average Bonchev–Trinajstić information content (AvgIpc) is 3.17. The quantitative estimate of drug-likeness (QED) is 0.505. The van der Waals surface area contributed by atoms with Crippen LogP contribution >= 0.6 is 23.1 Å². The largest absolute Gasteiger partial charge is 0.396 e. The van der Waals surface area contributed by atoms with Crippen molar-refractivity contribution in [1.82, 2.24) is 5.32 Å². The number of nitrogens with one attached hydrogen (secondary N) is 2. The molecule has 7 heteroatoms. The summed E-state index contributed by atoms with van der Waals surface area (Å²) in [5.41, 5.74) is 6.70. The van der Waals surface area contributed by atoms with Crippen LogP contribution in [-0.4, -0.2) is 37.5 Å². The van der Waals surface area contributed by atoms with Crippen LogP contribution in [0.25, 0.3) is 0 Å². The molecular weight excluding hydrogens is 306 g/mol. The monoisotopic (exact) mass is 329 g/mol. The van der Waals surface area contributed by atoms with E-state index < -0.39 is 0 Å². The lowest BCUT2D eigenvalue weighted by Gasteiger charge is -2.09. The third-order valence-corrected chi connectivity index (χ3v) is 5.18. The number of thiophene rings is 1. The molecular formula is C14H23N3O2S2. The predicted molar refractivity (Wildman–Crippen MR) is 90.6 cm³/mol. The molecule has 2 rings (SSSR count). The van der Waals surface area contributed by atoms with Crippen LogP contribution in [0.1, 0.15) is 36.4 Å². The normalized spacial score (nSPS) is 14.5. The number of carbonyl (C=O) groups is 1. The molecule has 118 valence electrons. The van der Waals surface area contributed by atoms with E-state index in [0.29, 0.717) is 29.8 Å². The zero-order valence-corrected chi connectivity index (χ0v) is 14.3. The standard InChI is InChI=1S/C14H23N3O2S2/c1-8(2)19-7-6-16-14-12(20-3)10(15)11(21-14)13(18)17-9-4-5-9/h8-9,16H,4-7,15H2,1-3H3,(H,17,18). The fourth-order valence-electron chi connectivity index (χ4n) is 1.85. The zero-order chi connectivity index (χ0) is 15.4. The number of nitrogen functional groups attached to an aromatic ring is 1. The second kappa shape index (κ2) is 7.38. The van der Waals surface area contributed by atoms with Gasteiger partial charge < -0.3 is 21.1 Å². The van der Waals surface area contributed by atoms with Crippen LogP contribution in [0, 0.1) is 0 Å². The van der Waals surface area contributed by atoms with Crippen LogP contribution in [-0.2, 0) is 4.74 Å². The van der Waals surface area contributed by atoms with Crippen molar-refractivity contribution in [3.8, 4) is 0 Å². The Morgan fingerprint density at radius 1 is 1.52 bits per heavy atom. The fourth-order valence-corrected chi connectivity index (χ4v) is 3.82. The number of anilines is 2. The van der Waals surface area contributed by atoms with Gasteiger partial charge in [-0.25, -0.2) is 0 Å². The number of ether oxygens (including phenoxy) is 1. The van der Waals surface area contributed by atoms with Gasteiger partial charge in [-0.1, -0.05) is 0 Å². The molecule has 1 fully saturated rings. The second-order valence-corrected chi connectivity index (χ2v) is 7.14. The maximum absolute atomic E-state index is 12.2. The molecule has 1 aliphatic rings. The first kappa shape index (κ1) is 16.5. The van der Waals surface area contributed by atoms with Crippen LogP contribution in [0.2, 0.25) is 0 Å². The maximum Gasteiger partial charge on any atom is 0.263 e. The molecule has 0 unspecified atom stereocenters. The molecule has 0 saturated heterocycles. The van der Waals surface area contributed by atoms with Crippen molar-refractivity contribution in [3.05, 3.63) is 4.88 Å². The minimum Gasteiger partial charge on any atom is -0.396 e. The van der Waals surface area contributed by atoms with Gasteiger partial charge in [0.25, 0.3) is 5.91 Å². The van der Waals surface area contributed by atoms with Crippen molar-refractivity contribution in [2.24, 2.45) is 0 Å².